The summed E-state index contributed by atoms with van der Waals surface area (Å²) in [6.45, 7) is 1.87. The van der Waals surface area contributed by atoms with Crippen molar-refractivity contribution in [2.75, 3.05) is 13.2 Å². The van der Waals surface area contributed by atoms with Gasteiger partial charge >= 0.3 is 22.1 Å². The molecule has 0 atom stereocenters. The van der Waals surface area contributed by atoms with E-state index in [0.717, 1.165) is 24.3 Å². The normalized spacial score (nSPS) is 11.0. The monoisotopic (exact) mass is 490 g/mol. The number of halogens is 1. The molecule has 2 aromatic carbocycles. The van der Waals surface area contributed by atoms with Crippen LogP contribution in [0.4, 0.5) is 9.18 Å². The highest BCUT2D eigenvalue weighted by Gasteiger charge is 2.19. The highest BCUT2D eigenvalue weighted by atomic mass is 32.2. The van der Waals surface area contributed by atoms with Gasteiger partial charge in [0.1, 0.15) is 28.8 Å². The number of benzene rings is 2. The summed E-state index contributed by atoms with van der Waals surface area (Å²) in [5.41, 5.74) is 0.671. The first-order valence-electron chi connectivity index (χ1n) is 10.3. The third kappa shape index (κ3) is 7.07. The fourth-order valence-corrected chi connectivity index (χ4v) is 3.84. The lowest BCUT2D eigenvalue weighted by atomic mass is 10.2. The van der Waals surface area contributed by atoms with Crippen LogP contribution in [0, 0.1) is 5.82 Å². The van der Waals surface area contributed by atoms with Crippen molar-refractivity contribution in [3.63, 3.8) is 0 Å². The van der Waals surface area contributed by atoms with Crippen molar-refractivity contribution in [3.8, 4) is 5.75 Å². The molecule has 1 aromatic heterocycles. The molecule has 3 aromatic rings. The lowest BCUT2D eigenvalue weighted by Gasteiger charge is -2.22. The van der Waals surface area contributed by atoms with Crippen LogP contribution in [0.15, 0.2) is 76.2 Å². The fourth-order valence-electron chi connectivity index (χ4n) is 2.91. The van der Waals surface area contributed by atoms with Crippen molar-refractivity contribution in [1.29, 1.82) is 0 Å². The van der Waals surface area contributed by atoms with Gasteiger partial charge in [0.15, 0.2) is 0 Å². The average Bonchev–Trinajstić information content (AvgIpc) is 3.32. The lowest BCUT2D eigenvalue weighted by Crippen LogP contribution is -2.41. The number of ether oxygens (including phenoxy) is 1. The maximum absolute atomic E-state index is 13.1. The zero-order valence-electron chi connectivity index (χ0n) is 18.3. The van der Waals surface area contributed by atoms with Crippen LogP contribution in [0.2, 0.25) is 0 Å². The average molecular weight is 491 g/mol. The number of carbonyl (C=O) groups is 2. The van der Waals surface area contributed by atoms with E-state index in [1.807, 2.05) is 0 Å². The molecule has 0 radical (unpaired) electrons. The molecule has 1 heterocycles. The molecule has 0 unspecified atom stereocenters. The van der Waals surface area contributed by atoms with Crippen molar-refractivity contribution >= 4 is 22.1 Å². The topological polar surface area (TPSA) is 115 Å². The molecule has 0 saturated heterocycles. The minimum Gasteiger partial charge on any atom is -0.467 e. The van der Waals surface area contributed by atoms with Gasteiger partial charge in [-0.15, -0.1) is 0 Å². The summed E-state index contributed by atoms with van der Waals surface area (Å²) in [5, 5.41) is 2.50. The molecule has 11 heteroatoms. The third-order valence-electron chi connectivity index (χ3n) is 4.51. The second-order valence-electron chi connectivity index (χ2n) is 7.03. The van der Waals surface area contributed by atoms with Gasteiger partial charge in [-0.3, -0.25) is 4.79 Å². The Morgan fingerprint density at radius 1 is 1.03 bits per heavy atom. The number of esters is 1. The maximum Gasteiger partial charge on any atom is 0.339 e. The predicted octanol–water partition coefficient (Wildman–Crippen LogP) is 3.46. The molecular formula is C23H23FN2O7S. The molecule has 3 rings (SSSR count). The Bertz CT molecular complexity index is 1200. The number of urea groups is 1. The number of amides is 2. The van der Waals surface area contributed by atoms with Crippen LogP contribution in [0.3, 0.4) is 0 Å². The summed E-state index contributed by atoms with van der Waals surface area (Å²) in [4.78, 5) is 25.5. The first kappa shape index (κ1) is 24.8. The zero-order valence-corrected chi connectivity index (χ0v) is 19.1. The summed E-state index contributed by atoms with van der Waals surface area (Å²) in [5.74, 6) is -0.527. The Morgan fingerprint density at radius 3 is 2.35 bits per heavy atom. The van der Waals surface area contributed by atoms with Crippen LogP contribution >= 0.6 is 0 Å². The van der Waals surface area contributed by atoms with Gasteiger partial charge in [-0.05, 0) is 61.0 Å². The number of hydrogen-bond donors (Lipinski definition) is 1. The first-order chi connectivity index (χ1) is 16.3. The molecular weight excluding hydrogens is 467 g/mol. The molecule has 1 N–H and O–H groups in total. The van der Waals surface area contributed by atoms with Gasteiger partial charge in [0.2, 0.25) is 0 Å². The second kappa shape index (κ2) is 11.3. The van der Waals surface area contributed by atoms with Crippen molar-refractivity contribution in [1.82, 2.24) is 10.2 Å². The van der Waals surface area contributed by atoms with E-state index in [0.29, 0.717) is 11.3 Å². The van der Waals surface area contributed by atoms with E-state index in [4.69, 9.17) is 13.3 Å². The molecule has 180 valence electrons. The SMILES string of the molecule is CCOC(=O)CNC(=O)N(Cc1ccc(OS(=O)(=O)c2ccc(F)cc2)cc1)Cc1ccco1. The molecule has 9 nitrogen and oxygen atoms in total. The van der Waals surface area contributed by atoms with Crippen molar-refractivity contribution < 1.29 is 35.7 Å². The Labute approximate surface area is 196 Å². The van der Waals surface area contributed by atoms with E-state index in [1.165, 1.54) is 23.3 Å². The molecule has 2 amide bonds. The molecule has 0 bridgehead atoms. The second-order valence-corrected chi connectivity index (χ2v) is 8.58. The molecule has 0 aliphatic rings. The largest absolute Gasteiger partial charge is 0.467 e. The number of rotatable bonds is 10. The van der Waals surface area contributed by atoms with E-state index in [2.05, 4.69) is 5.32 Å². The minimum absolute atomic E-state index is 0.0532. The highest BCUT2D eigenvalue weighted by Crippen LogP contribution is 2.20. The van der Waals surface area contributed by atoms with Crippen molar-refractivity contribution in [2.45, 2.75) is 24.9 Å². The maximum atomic E-state index is 13.1. The molecule has 0 aliphatic carbocycles. The number of furan rings is 1. The Hall–Kier alpha value is -3.86. The van der Waals surface area contributed by atoms with Gasteiger partial charge in [0, 0.05) is 6.54 Å². The smallest absolute Gasteiger partial charge is 0.339 e. The summed E-state index contributed by atoms with van der Waals surface area (Å²) in [6.07, 6.45) is 1.48. The van der Waals surface area contributed by atoms with E-state index in [-0.39, 0.29) is 36.9 Å². The van der Waals surface area contributed by atoms with Gasteiger partial charge in [-0.1, -0.05) is 12.1 Å². The highest BCUT2D eigenvalue weighted by molar-refractivity contribution is 7.87. The zero-order chi connectivity index (χ0) is 24.6. The van der Waals surface area contributed by atoms with E-state index in [9.17, 15) is 22.4 Å². The number of hydrogen-bond acceptors (Lipinski definition) is 7. The predicted molar refractivity (Wildman–Crippen MR) is 119 cm³/mol. The lowest BCUT2D eigenvalue weighted by molar-refractivity contribution is -0.141. The van der Waals surface area contributed by atoms with Crippen molar-refractivity contribution in [3.05, 3.63) is 84.1 Å². The molecule has 0 saturated carbocycles. The Balaban J connectivity index is 1.68. The Morgan fingerprint density at radius 2 is 1.74 bits per heavy atom. The third-order valence-corrected chi connectivity index (χ3v) is 5.77. The molecule has 0 spiro atoms. The molecule has 0 fully saturated rings. The van der Waals surface area contributed by atoms with Gasteiger partial charge in [-0.2, -0.15) is 8.42 Å². The van der Waals surface area contributed by atoms with Crippen LogP contribution in [0.5, 0.6) is 5.75 Å². The van der Waals surface area contributed by atoms with Gasteiger partial charge in [0.25, 0.3) is 0 Å². The van der Waals surface area contributed by atoms with Crippen LogP contribution < -0.4 is 9.50 Å². The fraction of sp³-hybridized carbons (Fsp3) is 0.217. The summed E-state index contributed by atoms with van der Waals surface area (Å²) in [7, 11) is -4.13. The quantitative estimate of drug-likeness (QED) is 0.342. The molecule has 0 aliphatic heterocycles. The Kier molecular flexibility index (Phi) is 8.25. The molecule has 34 heavy (non-hydrogen) atoms. The van der Waals surface area contributed by atoms with Gasteiger partial charge in [0.05, 0.1) is 19.4 Å². The number of carbonyl (C=O) groups excluding carboxylic acids is 2. The summed E-state index contributed by atoms with van der Waals surface area (Å²) >= 11 is 0. The standard InChI is InChI=1S/C23H23FN2O7S/c1-2-31-22(27)14-25-23(28)26(16-20-4-3-13-32-20)15-17-5-9-19(10-6-17)33-34(29,30)21-11-7-18(24)8-12-21/h3-13H,2,14-16H2,1H3,(H,25,28). The first-order valence-corrected chi connectivity index (χ1v) is 11.7. The van der Waals surface area contributed by atoms with Crippen LogP contribution in [0.1, 0.15) is 18.2 Å². The van der Waals surface area contributed by atoms with Crippen LogP contribution in [-0.4, -0.2) is 38.5 Å². The summed E-state index contributed by atoms with van der Waals surface area (Å²) < 4.78 is 53.0. The number of nitrogens with zero attached hydrogens (tertiary/aromatic N) is 1. The van der Waals surface area contributed by atoms with Gasteiger partial charge in [-0.25, -0.2) is 9.18 Å². The van der Waals surface area contributed by atoms with Crippen LogP contribution in [0.25, 0.3) is 0 Å². The summed E-state index contributed by atoms with van der Waals surface area (Å²) in [6, 6.07) is 13.3. The van der Waals surface area contributed by atoms with E-state index >= 15 is 0 Å². The van der Waals surface area contributed by atoms with E-state index < -0.39 is 27.9 Å². The number of nitrogens with one attached hydrogen (secondary N) is 1. The minimum atomic E-state index is -4.13. The van der Waals surface area contributed by atoms with E-state index in [1.54, 1.807) is 31.2 Å². The van der Waals surface area contributed by atoms with Crippen molar-refractivity contribution in [2.24, 2.45) is 0 Å². The van der Waals surface area contributed by atoms with Gasteiger partial charge < -0.3 is 23.6 Å². The van der Waals surface area contributed by atoms with Crippen LogP contribution in [-0.2, 0) is 32.7 Å².